The number of hydrogen-bond acceptors (Lipinski definition) is 7. The van der Waals surface area contributed by atoms with E-state index in [0.717, 1.165) is 41.2 Å². The largest absolute Gasteiger partial charge is 0.385 e. The van der Waals surface area contributed by atoms with Gasteiger partial charge < -0.3 is 5.32 Å². The van der Waals surface area contributed by atoms with Gasteiger partial charge in [-0.2, -0.15) is 5.10 Å². The summed E-state index contributed by atoms with van der Waals surface area (Å²) in [6, 6.07) is 10.5. The summed E-state index contributed by atoms with van der Waals surface area (Å²) in [5, 5.41) is 10.6. The van der Waals surface area contributed by atoms with Crippen LogP contribution >= 0.6 is 0 Å². The lowest BCUT2D eigenvalue weighted by molar-refractivity contribution is -0.136. The van der Waals surface area contributed by atoms with Gasteiger partial charge in [-0.25, -0.2) is 0 Å². The fourth-order valence-electron chi connectivity index (χ4n) is 5.90. The van der Waals surface area contributed by atoms with Gasteiger partial charge in [0.2, 0.25) is 11.8 Å². The first-order valence-electron chi connectivity index (χ1n) is 13.6. The van der Waals surface area contributed by atoms with E-state index in [0.29, 0.717) is 17.9 Å². The molecule has 0 radical (unpaired) electrons. The zero-order chi connectivity index (χ0) is 26.7. The molecule has 4 aliphatic rings. The maximum absolute atomic E-state index is 13.1. The number of pyridine rings is 1. The van der Waals surface area contributed by atoms with Gasteiger partial charge in [-0.15, -0.1) is 0 Å². The van der Waals surface area contributed by atoms with Crippen LogP contribution in [0.4, 0.5) is 5.69 Å². The first-order chi connectivity index (χ1) is 19.0. The molecule has 2 N–H and O–H groups in total. The average Bonchev–Trinajstić information content (AvgIpc) is 3.62. The van der Waals surface area contributed by atoms with E-state index in [2.05, 4.69) is 26.5 Å². The van der Waals surface area contributed by atoms with Crippen molar-refractivity contribution in [3.8, 4) is 11.3 Å². The van der Waals surface area contributed by atoms with Crippen LogP contribution in [0.1, 0.15) is 76.9 Å². The summed E-state index contributed by atoms with van der Waals surface area (Å²) in [6.45, 7) is 0.748. The summed E-state index contributed by atoms with van der Waals surface area (Å²) in [4.78, 5) is 55.3. The molecule has 3 fully saturated rings. The van der Waals surface area contributed by atoms with Gasteiger partial charge in [0.25, 0.3) is 11.8 Å². The molecular formula is C29H28N6O4. The summed E-state index contributed by atoms with van der Waals surface area (Å²) in [7, 11) is 0. The van der Waals surface area contributed by atoms with Crippen molar-refractivity contribution in [1.29, 1.82) is 0 Å². The zero-order valence-electron chi connectivity index (χ0n) is 21.3. The monoisotopic (exact) mass is 524 g/mol. The van der Waals surface area contributed by atoms with E-state index in [1.807, 2.05) is 24.4 Å². The number of benzene rings is 1. The molecule has 1 atom stereocenters. The number of nitrogens with one attached hydrogen (secondary N) is 2. The summed E-state index contributed by atoms with van der Waals surface area (Å²) in [6.07, 6.45) is 8.61. The van der Waals surface area contributed by atoms with Crippen molar-refractivity contribution >= 4 is 29.3 Å². The molecule has 2 aliphatic carbocycles. The first-order valence-corrected chi connectivity index (χ1v) is 13.6. The Morgan fingerprint density at radius 3 is 2.51 bits per heavy atom. The number of carbonyl (C=O) groups is 4. The van der Waals surface area contributed by atoms with Crippen LogP contribution in [-0.4, -0.2) is 55.9 Å². The molecule has 3 aromatic rings. The second-order valence-electron chi connectivity index (χ2n) is 11.0. The van der Waals surface area contributed by atoms with Gasteiger partial charge in [0.05, 0.1) is 28.6 Å². The van der Waals surface area contributed by atoms with Crippen molar-refractivity contribution in [3.05, 3.63) is 65.6 Å². The maximum atomic E-state index is 13.1. The van der Waals surface area contributed by atoms with Crippen LogP contribution in [0.5, 0.6) is 0 Å². The number of imide groups is 2. The lowest BCUT2D eigenvalue weighted by Crippen LogP contribution is -2.54. The second-order valence-corrected chi connectivity index (χ2v) is 11.0. The lowest BCUT2D eigenvalue weighted by Gasteiger charge is -2.35. The molecule has 39 heavy (non-hydrogen) atoms. The number of rotatable bonds is 7. The summed E-state index contributed by atoms with van der Waals surface area (Å²) in [5.74, 6) is -0.971. The normalized spacial score (nSPS) is 24.4. The quantitative estimate of drug-likeness (QED) is 0.454. The molecule has 1 saturated heterocycles. The minimum Gasteiger partial charge on any atom is -0.385 e. The van der Waals surface area contributed by atoms with Gasteiger partial charge in [0.1, 0.15) is 6.04 Å². The summed E-state index contributed by atoms with van der Waals surface area (Å²) >= 11 is 0. The average molecular weight is 525 g/mol. The van der Waals surface area contributed by atoms with Gasteiger partial charge in [-0.1, -0.05) is 6.07 Å². The number of piperidine rings is 1. The number of carbonyl (C=O) groups excluding carboxylic acids is 4. The molecule has 1 unspecified atom stereocenters. The van der Waals surface area contributed by atoms with Crippen LogP contribution in [0.3, 0.4) is 0 Å². The van der Waals surface area contributed by atoms with E-state index in [1.54, 1.807) is 18.2 Å². The topological polar surface area (TPSA) is 126 Å². The van der Waals surface area contributed by atoms with Crippen molar-refractivity contribution in [2.24, 2.45) is 5.92 Å². The van der Waals surface area contributed by atoms with Gasteiger partial charge in [-0.3, -0.25) is 39.1 Å². The van der Waals surface area contributed by atoms with Crippen molar-refractivity contribution in [2.75, 3.05) is 11.9 Å². The fourth-order valence-corrected chi connectivity index (χ4v) is 5.90. The molecule has 0 spiro atoms. The van der Waals surface area contributed by atoms with Gasteiger partial charge in [-0.05, 0) is 68.4 Å². The molecule has 7 rings (SSSR count). The predicted octanol–water partition coefficient (Wildman–Crippen LogP) is 3.29. The molecule has 10 heteroatoms. The van der Waals surface area contributed by atoms with Crippen molar-refractivity contribution in [2.45, 2.75) is 56.5 Å². The molecule has 2 aliphatic heterocycles. The Labute approximate surface area is 224 Å². The molecule has 2 saturated carbocycles. The highest BCUT2D eigenvalue weighted by atomic mass is 16.2. The Morgan fingerprint density at radius 1 is 0.949 bits per heavy atom. The van der Waals surface area contributed by atoms with Crippen molar-refractivity contribution in [3.63, 3.8) is 0 Å². The van der Waals surface area contributed by atoms with E-state index < -0.39 is 23.8 Å². The number of nitrogens with zero attached hydrogens (tertiary/aromatic N) is 4. The molecule has 1 aromatic carbocycles. The highest BCUT2D eigenvalue weighted by molar-refractivity contribution is 6.23. The minimum absolute atomic E-state index is 0.101. The highest BCUT2D eigenvalue weighted by Crippen LogP contribution is 2.45. The zero-order valence-corrected chi connectivity index (χ0v) is 21.3. The van der Waals surface area contributed by atoms with Gasteiger partial charge in [0.15, 0.2) is 0 Å². The maximum Gasteiger partial charge on any atom is 0.262 e. The van der Waals surface area contributed by atoms with E-state index in [4.69, 9.17) is 5.10 Å². The Bertz CT molecular complexity index is 1510. The third kappa shape index (κ3) is 4.20. The van der Waals surface area contributed by atoms with Crippen LogP contribution in [0.15, 0.2) is 48.8 Å². The van der Waals surface area contributed by atoms with E-state index in [9.17, 15) is 19.2 Å². The minimum atomic E-state index is -0.959. The standard InChI is InChI=1S/C29H28N6O4/c36-25-9-8-24(27(37)32-25)35-28(38)20-7-6-18(13-21(20)29(35)39)31-14-16-11-19(12-16)34-15-22(23-3-1-2-10-30-23)26(33-34)17-4-5-17/h1-3,6-7,10,13,15-17,19,24,31H,4-5,8-9,11-12,14H2,(H,32,36,37). The molecule has 10 nitrogen and oxygen atoms in total. The van der Waals surface area contributed by atoms with E-state index >= 15 is 0 Å². The summed E-state index contributed by atoms with van der Waals surface area (Å²) in [5.41, 5.74) is 4.61. The third-order valence-electron chi connectivity index (χ3n) is 8.28. The number of fused-ring (bicyclic) bond motifs is 1. The lowest BCUT2D eigenvalue weighted by atomic mass is 9.80. The van der Waals surface area contributed by atoms with Gasteiger partial charge >= 0.3 is 0 Å². The van der Waals surface area contributed by atoms with Gasteiger partial charge in [0, 0.05) is 42.5 Å². The SMILES string of the molecule is O=C1CCC(N2C(=O)c3ccc(NCC4CC(n5cc(-c6ccccn6)c(C6CC6)n5)C4)cc3C2=O)C(=O)N1. The van der Waals surface area contributed by atoms with Crippen LogP contribution in [0, 0.1) is 5.92 Å². The smallest absolute Gasteiger partial charge is 0.262 e. The fraction of sp³-hybridized carbons (Fsp3) is 0.379. The molecule has 198 valence electrons. The third-order valence-corrected chi connectivity index (χ3v) is 8.28. The number of amides is 4. The van der Waals surface area contributed by atoms with E-state index in [1.165, 1.54) is 18.5 Å². The number of hydrogen-bond donors (Lipinski definition) is 2. The predicted molar refractivity (Wildman–Crippen MR) is 141 cm³/mol. The molecule has 2 aromatic heterocycles. The molecular weight excluding hydrogens is 496 g/mol. The number of aromatic nitrogens is 3. The summed E-state index contributed by atoms with van der Waals surface area (Å²) < 4.78 is 2.12. The molecule has 4 heterocycles. The Hall–Kier alpha value is -4.34. The van der Waals surface area contributed by atoms with Crippen molar-refractivity contribution in [1.82, 2.24) is 25.0 Å². The Morgan fingerprint density at radius 2 is 1.77 bits per heavy atom. The van der Waals surface area contributed by atoms with Crippen LogP contribution in [0.25, 0.3) is 11.3 Å². The first kappa shape index (κ1) is 23.8. The second kappa shape index (κ2) is 9.14. The van der Waals surface area contributed by atoms with Crippen LogP contribution in [-0.2, 0) is 9.59 Å². The Kier molecular flexibility index (Phi) is 5.57. The Balaban J connectivity index is 0.987. The molecule has 0 bridgehead atoms. The van der Waals surface area contributed by atoms with Crippen LogP contribution in [0.2, 0.25) is 0 Å². The highest BCUT2D eigenvalue weighted by Gasteiger charge is 2.44. The van der Waals surface area contributed by atoms with E-state index in [-0.39, 0.29) is 29.9 Å². The molecule has 4 amide bonds. The number of anilines is 1. The van der Waals surface area contributed by atoms with Crippen molar-refractivity contribution < 1.29 is 19.2 Å². The van der Waals surface area contributed by atoms with Crippen LogP contribution < -0.4 is 10.6 Å².